The summed E-state index contributed by atoms with van der Waals surface area (Å²) in [6.07, 6.45) is 5.98. The third-order valence-corrected chi connectivity index (χ3v) is 4.19. The molecular weight excluding hydrogens is 264 g/mol. The van der Waals surface area contributed by atoms with Crippen LogP contribution in [0, 0.1) is 23.2 Å². The van der Waals surface area contributed by atoms with Crippen molar-refractivity contribution < 1.29 is 9.90 Å². The molecule has 0 radical (unpaired) electrons. The summed E-state index contributed by atoms with van der Waals surface area (Å²) < 4.78 is 0. The Labute approximate surface area is 126 Å². The fourth-order valence-corrected chi connectivity index (χ4v) is 2.33. The van der Waals surface area contributed by atoms with Gasteiger partial charge in [0.2, 0.25) is 0 Å². The lowest BCUT2D eigenvalue weighted by Gasteiger charge is -2.19. The zero-order chi connectivity index (χ0) is 15.3. The maximum absolute atomic E-state index is 12.2. The first-order valence-corrected chi connectivity index (χ1v) is 7.40. The zero-order valence-corrected chi connectivity index (χ0v) is 12.6. The SMILES string of the molecule is CC(C)C1(CNC(=O)c2cncc(C#CCCO)c2)CC1. The normalized spacial score (nSPS) is 15.2. The first-order valence-electron chi connectivity index (χ1n) is 7.40. The van der Waals surface area contributed by atoms with Crippen LogP contribution in [-0.2, 0) is 0 Å². The Bertz CT molecular complexity index is 566. The van der Waals surface area contributed by atoms with Crippen LogP contribution in [0.2, 0.25) is 0 Å². The van der Waals surface area contributed by atoms with Crippen LogP contribution in [0.4, 0.5) is 0 Å². The molecule has 1 saturated carbocycles. The van der Waals surface area contributed by atoms with Crippen molar-refractivity contribution in [1.29, 1.82) is 0 Å². The first-order chi connectivity index (χ1) is 10.1. The molecule has 2 rings (SSSR count). The number of nitrogens with one attached hydrogen (secondary N) is 1. The molecule has 1 aliphatic rings. The fraction of sp³-hybridized carbons (Fsp3) is 0.529. The molecule has 1 amide bonds. The van der Waals surface area contributed by atoms with E-state index in [2.05, 4.69) is 36.0 Å². The highest BCUT2D eigenvalue weighted by molar-refractivity contribution is 5.94. The van der Waals surface area contributed by atoms with Gasteiger partial charge in [0.1, 0.15) is 0 Å². The molecule has 0 bridgehead atoms. The van der Waals surface area contributed by atoms with Crippen LogP contribution in [0.15, 0.2) is 18.5 Å². The summed E-state index contributed by atoms with van der Waals surface area (Å²) in [4.78, 5) is 16.2. The molecule has 0 aromatic carbocycles. The van der Waals surface area contributed by atoms with E-state index in [1.807, 2.05) is 0 Å². The number of carbonyl (C=O) groups is 1. The lowest BCUT2D eigenvalue weighted by atomic mass is 9.92. The maximum Gasteiger partial charge on any atom is 0.252 e. The molecule has 2 N–H and O–H groups in total. The number of aliphatic hydroxyl groups excluding tert-OH is 1. The van der Waals surface area contributed by atoms with Crippen LogP contribution in [0.25, 0.3) is 0 Å². The van der Waals surface area contributed by atoms with Gasteiger partial charge in [0.25, 0.3) is 5.91 Å². The first kappa shape index (κ1) is 15.5. The van der Waals surface area contributed by atoms with Crippen LogP contribution in [-0.4, -0.2) is 29.1 Å². The van der Waals surface area contributed by atoms with E-state index in [1.54, 1.807) is 18.5 Å². The highest BCUT2D eigenvalue weighted by atomic mass is 16.2. The molecule has 0 unspecified atom stereocenters. The van der Waals surface area contributed by atoms with Gasteiger partial charge < -0.3 is 10.4 Å². The smallest absolute Gasteiger partial charge is 0.252 e. The lowest BCUT2D eigenvalue weighted by Crippen LogP contribution is -2.32. The molecule has 1 fully saturated rings. The third-order valence-electron chi connectivity index (χ3n) is 4.19. The van der Waals surface area contributed by atoms with Crippen LogP contribution >= 0.6 is 0 Å². The molecule has 4 nitrogen and oxygen atoms in total. The van der Waals surface area contributed by atoms with Gasteiger partial charge >= 0.3 is 0 Å². The summed E-state index contributed by atoms with van der Waals surface area (Å²) >= 11 is 0. The summed E-state index contributed by atoms with van der Waals surface area (Å²) in [5.41, 5.74) is 1.52. The number of aliphatic hydroxyl groups is 1. The highest BCUT2D eigenvalue weighted by Crippen LogP contribution is 2.51. The number of pyridine rings is 1. The number of carbonyl (C=O) groups excluding carboxylic acids is 1. The number of nitrogens with zero attached hydrogens (tertiary/aromatic N) is 1. The lowest BCUT2D eigenvalue weighted by molar-refractivity contribution is 0.0939. The van der Waals surface area contributed by atoms with E-state index < -0.39 is 0 Å². The van der Waals surface area contributed by atoms with Gasteiger partial charge in [-0.3, -0.25) is 9.78 Å². The van der Waals surface area contributed by atoms with Gasteiger partial charge in [-0.15, -0.1) is 0 Å². The van der Waals surface area contributed by atoms with Crippen molar-refractivity contribution in [2.75, 3.05) is 13.2 Å². The Morgan fingerprint density at radius 1 is 1.48 bits per heavy atom. The second-order valence-corrected chi connectivity index (χ2v) is 5.94. The number of aromatic nitrogens is 1. The van der Waals surface area contributed by atoms with E-state index in [0.717, 1.165) is 6.54 Å². The standard InChI is InChI=1S/C17H22N2O2/c1-13(2)17(6-7-17)12-19-16(21)15-9-14(10-18-11-15)5-3-4-8-20/h9-11,13,20H,4,6-8,12H2,1-2H3,(H,19,21). The van der Waals surface area contributed by atoms with Gasteiger partial charge in [0, 0.05) is 30.9 Å². The average molecular weight is 286 g/mol. The second-order valence-electron chi connectivity index (χ2n) is 5.94. The van der Waals surface area contributed by atoms with Crippen molar-refractivity contribution in [3.8, 4) is 11.8 Å². The molecule has 112 valence electrons. The molecule has 21 heavy (non-hydrogen) atoms. The maximum atomic E-state index is 12.2. The molecule has 0 spiro atoms. The van der Waals surface area contributed by atoms with E-state index in [-0.39, 0.29) is 12.5 Å². The Morgan fingerprint density at radius 3 is 2.86 bits per heavy atom. The number of hydrogen-bond acceptors (Lipinski definition) is 3. The Hall–Kier alpha value is -1.86. The van der Waals surface area contributed by atoms with Crippen LogP contribution in [0.3, 0.4) is 0 Å². The Balaban J connectivity index is 1.97. The van der Waals surface area contributed by atoms with E-state index in [0.29, 0.717) is 28.9 Å². The molecule has 0 aliphatic heterocycles. The molecule has 1 heterocycles. The van der Waals surface area contributed by atoms with Crippen LogP contribution in [0.1, 0.15) is 49.0 Å². The van der Waals surface area contributed by atoms with Crippen LogP contribution < -0.4 is 5.32 Å². The predicted molar refractivity (Wildman–Crippen MR) is 81.7 cm³/mol. The highest BCUT2D eigenvalue weighted by Gasteiger charge is 2.45. The van der Waals surface area contributed by atoms with Gasteiger partial charge in [-0.1, -0.05) is 25.7 Å². The predicted octanol–water partition coefficient (Wildman–Crippen LogP) is 1.98. The summed E-state index contributed by atoms with van der Waals surface area (Å²) in [7, 11) is 0. The summed E-state index contributed by atoms with van der Waals surface area (Å²) in [5.74, 6) is 6.21. The van der Waals surface area contributed by atoms with Crippen molar-refractivity contribution in [1.82, 2.24) is 10.3 Å². The molecule has 0 saturated heterocycles. The zero-order valence-electron chi connectivity index (χ0n) is 12.6. The van der Waals surface area contributed by atoms with Crippen molar-refractivity contribution in [2.24, 2.45) is 11.3 Å². The van der Waals surface area contributed by atoms with Gasteiger partial charge in [-0.25, -0.2) is 0 Å². The molecule has 4 heteroatoms. The minimum Gasteiger partial charge on any atom is -0.395 e. The molecule has 1 aliphatic carbocycles. The summed E-state index contributed by atoms with van der Waals surface area (Å²) in [5, 5.41) is 11.7. The third kappa shape index (κ3) is 4.05. The molecule has 1 aromatic heterocycles. The van der Waals surface area contributed by atoms with E-state index in [4.69, 9.17) is 5.11 Å². The number of amides is 1. The largest absolute Gasteiger partial charge is 0.395 e. The van der Waals surface area contributed by atoms with Gasteiger partial charge in [-0.05, 0) is 30.2 Å². The minimum atomic E-state index is -0.0970. The van der Waals surface area contributed by atoms with Gasteiger partial charge in [-0.2, -0.15) is 0 Å². The van der Waals surface area contributed by atoms with Crippen LogP contribution in [0.5, 0.6) is 0 Å². The van der Waals surface area contributed by atoms with E-state index in [1.165, 1.54) is 12.8 Å². The van der Waals surface area contributed by atoms with Crippen molar-refractivity contribution >= 4 is 5.91 Å². The molecule has 0 atom stereocenters. The van der Waals surface area contributed by atoms with Gasteiger partial charge in [0.05, 0.1) is 12.2 Å². The Kier molecular flexibility index (Phi) is 4.98. The van der Waals surface area contributed by atoms with Crippen molar-refractivity contribution in [2.45, 2.75) is 33.1 Å². The monoisotopic (exact) mass is 286 g/mol. The minimum absolute atomic E-state index is 0.0396. The van der Waals surface area contributed by atoms with Crippen molar-refractivity contribution in [3.63, 3.8) is 0 Å². The van der Waals surface area contributed by atoms with Gasteiger partial charge in [0.15, 0.2) is 0 Å². The van der Waals surface area contributed by atoms with Crippen molar-refractivity contribution in [3.05, 3.63) is 29.6 Å². The van der Waals surface area contributed by atoms with E-state index >= 15 is 0 Å². The molecular formula is C17H22N2O2. The topological polar surface area (TPSA) is 62.2 Å². The number of rotatable bonds is 5. The number of hydrogen-bond donors (Lipinski definition) is 2. The average Bonchev–Trinajstić information content (AvgIpc) is 3.27. The van der Waals surface area contributed by atoms with E-state index in [9.17, 15) is 4.79 Å². The second kappa shape index (κ2) is 6.73. The summed E-state index contributed by atoms with van der Waals surface area (Å²) in [6, 6.07) is 1.74. The summed E-state index contributed by atoms with van der Waals surface area (Å²) in [6.45, 7) is 5.18. The molecule has 1 aromatic rings. The Morgan fingerprint density at radius 2 is 2.24 bits per heavy atom. The fourth-order valence-electron chi connectivity index (χ4n) is 2.33. The quantitative estimate of drug-likeness (QED) is 0.814.